The summed E-state index contributed by atoms with van der Waals surface area (Å²) < 4.78 is 20.1. The Hall–Kier alpha value is -1.56. The molecule has 124 valence electrons. The summed E-state index contributed by atoms with van der Waals surface area (Å²) in [6, 6.07) is 6.81. The second-order valence-corrected chi connectivity index (χ2v) is 7.40. The molecule has 1 aromatic carbocycles. The van der Waals surface area contributed by atoms with Crippen LogP contribution < -0.4 is 10.8 Å². The third-order valence-corrected chi connectivity index (χ3v) is 5.00. The average Bonchev–Trinajstić information content (AvgIpc) is 2.89. The zero-order chi connectivity index (χ0) is 17.0. The SMILES string of the molecule is CC(C)OC(=O)CNPC(F)c1ccc2sc(C(N)=O)cc2c1. The summed E-state index contributed by atoms with van der Waals surface area (Å²) in [4.78, 5) is 23.0. The second kappa shape index (κ2) is 7.81. The number of fused-ring (bicyclic) bond motifs is 1. The summed E-state index contributed by atoms with van der Waals surface area (Å²) in [5.74, 6) is -2.13. The topological polar surface area (TPSA) is 81.4 Å². The van der Waals surface area contributed by atoms with Crippen molar-refractivity contribution in [2.24, 2.45) is 5.73 Å². The highest BCUT2D eigenvalue weighted by atomic mass is 32.1. The summed E-state index contributed by atoms with van der Waals surface area (Å²) in [6.45, 7) is 3.49. The molecule has 8 heteroatoms. The molecule has 0 aliphatic heterocycles. The number of carbonyl (C=O) groups is 2. The van der Waals surface area contributed by atoms with E-state index in [0.717, 1.165) is 10.1 Å². The van der Waals surface area contributed by atoms with Gasteiger partial charge in [0, 0.05) is 4.70 Å². The van der Waals surface area contributed by atoms with Gasteiger partial charge in [-0.25, -0.2) is 4.39 Å². The fourth-order valence-corrected chi connectivity index (χ4v) is 3.61. The lowest BCUT2D eigenvalue weighted by Crippen LogP contribution is -2.22. The smallest absolute Gasteiger partial charge is 0.320 e. The Bertz CT molecular complexity index is 720. The van der Waals surface area contributed by atoms with Gasteiger partial charge in [-0.1, -0.05) is 6.07 Å². The molecule has 2 rings (SSSR count). The monoisotopic (exact) mass is 356 g/mol. The predicted molar refractivity (Wildman–Crippen MR) is 91.7 cm³/mol. The molecule has 1 heterocycles. The first-order chi connectivity index (χ1) is 10.9. The van der Waals surface area contributed by atoms with Crippen molar-refractivity contribution in [1.29, 1.82) is 0 Å². The first kappa shape index (κ1) is 17.8. The molecule has 1 amide bonds. The Morgan fingerprint density at radius 3 is 2.78 bits per heavy atom. The number of amides is 1. The number of thiophene rings is 1. The minimum atomic E-state index is -1.23. The summed E-state index contributed by atoms with van der Waals surface area (Å²) in [7, 11) is -0.260. The van der Waals surface area contributed by atoms with Crippen LogP contribution in [0.3, 0.4) is 0 Å². The van der Waals surface area contributed by atoms with Gasteiger partial charge in [-0.05, 0) is 51.7 Å². The van der Waals surface area contributed by atoms with Gasteiger partial charge < -0.3 is 10.5 Å². The molecule has 2 atom stereocenters. The standard InChI is InChI=1S/C15H18FN2O3PS/c1-8(2)21-13(19)7-18-22-14(16)9-3-4-11-10(5-9)6-12(23-11)15(17)20/h3-6,8,14,18,22H,7H2,1-2H3,(H2,17,20). The third-order valence-electron chi connectivity index (χ3n) is 2.90. The maximum Gasteiger partial charge on any atom is 0.320 e. The number of hydrogen-bond acceptors (Lipinski definition) is 5. The van der Waals surface area contributed by atoms with Crippen molar-refractivity contribution in [3.8, 4) is 0 Å². The zero-order valence-electron chi connectivity index (χ0n) is 12.8. The molecular formula is C15H18FN2O3PS. The number of primary amides is 1. The first-order valence-corrected chi connectivity index (χ1v) is 8.91. The van der Waals surface area contributed by atoms with E-state index in [-0.39, 0.29) is 21.4 Å². The summed E-state index contributed by atoms with van der Waals surface area (Å²) >= 11 is 1.28. The molecule has 0 spiro atoms. The minimum absolute atomic E-state index is 0.0242. The Kier molecular flexibility index (Phi) is 6.04. The number of ether oxygens (including phenoxy) is 1. The van der Waals surface area contributed by atoms with Crippen LogP contribution in [-0.4, -0.2) is 24.5 Å². The van der Waals surface area contributed by atoms with Crippen LogP contribution in [0.5, 0.6) is 0 Å². The van der Waals surface area contributed by atoms with E-state index in [4.69, 9.17) is 10.5 Å². The second-order valence-electron chi connectivity index (χ2n) is 5.17. The van der Waals surface area contributed by atoms with Gasteiger partial charge in [0.05, 0.1) is 17.5 Å². The molecular weight excluding hydrogens is 338 g/mol. The van der Waals surface area contributed by atoms with Gasteiger partial charge in [-0.15, -0.1) is 11.3 Å². The van der Waals surface area contributed by atoms with Gasteiger partial charge in [0.1, 0.15) is 0 Å². The van der Waals surface area contributed by atoms with Crippen molar-refractivity contribution in [2.75, 3.05) is 6.54 Å². The number of rotatable bonds is 7. The van der Waals surface area contributed by atoms with Crippen molar-refractivity contribution in [1.82, 2.24) is 5.09 Å². The van der Waals surface area contributed by atoms with Crippen LogP contribution in [-0.2, 0) is 9.53 Å². The Morgan fingerprint density at radius 2 is 2.13 bits per heavy atom. The highest BCUT2D eigenvalue weighted by molar-refractivity contribution is 7.35. The highest BCUT2D eigenvalue weighted by Crippen LogP contribution is 2.36. The van der Waals surface area contributed by atoms with Gasteiger partial charge in [-0.3, -0.25) is 14.7 Å². The summed E-state index contributed by atoms with van der Waals surface area (Å²) in [5.41, 5.74) is 5.74. The van der Waals surface area contributed by atoms with E-state index in [1.165, 1.54) is 11.3 Å². The van der Waals surface area contributed by atoms with Crippen molar-refractivity contribution in [3.63, 3.8) is 0 Å². The van der Waals surface area contributed by atoms with E-state index in [2.05, 4.69) is 5.09 Å². The average molecular weight is 356 g/mol. The Labute approximate surface area is 139 Å². The van der Waals surface area contributed by atoms with Gasteiger partial charge in [0.15, 0.2) is 5.91 Å². The largest absolute Gasteiger partial charge is 0.462 e. The van der Waals surface area contributed by atoms with Crippen LogP contribution in [0.4, 0.5) is 4.39 Å². The van der Waals surface area contributed by atoms with Gasteiger partial charge in [0.25, 0.3) is 5.91 Å². The number of esters is 1. The molecule has 0 saturated carbocycles. The fraction of sp³-hybridized carbons (Fsp3) is 0.333. The lowest BCUT2D eigenvalue weighted by atomic mass is 10.2. The summed E-state index contributed by atoms with van der Waals surface area (Å²) in [5, 5.41) is 3.55. The molecule has 2 unspecified atom stereocenters. The lowest BCUT2D eigenvalue weighted by molar-refractivity contribution is -0.145. The van der Waals surface area contributed by atoms with E-state index < -0.39 is 17.8 Å². The van der Waals surface area contributed by atoms with Crippen molar-refractivity contribution < 1.29 is 18.7 Å². The number of nitrogens with one attached hydrogen (secondary N) is 1. The van der Waals surface area contributed by atoms with Crippen LogP contribution in [0.1, 0.15) is 35.0 Å². The first-order valence-electron chi connectivity index (χ1n) is 7.02. The van der Waals surface area contributed by atoms with Crippen LogP contribution in [0.25, 0.3) is 10.1 Å². The fourth-order valence-electron chi connectivity index (χ4n) is 1.94. The molecule has 0 radical (unpaired) electrons. The van der Waals surface area contributed by atoms with Crippen molar-refractivity contribution >= 4 is 42.0 Å². The number of alkyl halides is 1. The van der Waals surface area contributed by atoms with E-state index in [0.29, 0.717) is 10.4 Å². The highest BCUT2D eigenvalue weighted by Gasteiger charge is 2.14. The number of benzene rings is 1. The predicted octanol–water partition coefficient (Wildman–Crippen LogP) is 3.10. The molecule has 23 heavy (non-hydrogen) atoms. The third kappa shape index (κ3) is 4.96. The molecule has 1 aromatic heterocycles. The van der Waals surface area contributed by atoms with Crippen LogP contribution in [0, 0.1) is 0 Å². The van der Waals surface area contributed by atoms with Crippen LogP contribution in [0.15, 0.2) is 24.3 Å². The molecule has 0 fully saturated rings. The quantitative estimate of drug-likeness (QED) is 0.590. The van der Waals surface area contributed by atoms with E-state index in [9.17, 15) is 14.0 Å². The minimum Gasteiger partial charge on any atom is -0.462 e. The maximum atomic E-state index is 14.3. The molecule has 0 saturated heterocycles. The molecule has 2 aromatic rings. The maximum absolute atomic E-state index is 14.3. The number of nitrogens with two attached hydrogens (primary N) is 1. The van der Waals surface area contributed by atoms with E-state index >= 15 is 0 Å². The molecule has 3 N–H and O–H groups in total. The van der Waals surface area contributed by atoms with E-state index in [1.54, 1.807) is 38.1 Å². The molecule has 5 nitrogen and oxygen atoms in total. The van der Waals surface area contributed by atoms with Crippen LogP contribution >= 0.6 is 20.1 Å². The normalized spacial score (nSPS) is 13.0. The van der Waals surface area contributed by atoms with Crippen molar-refractivity contribution in [2.45, 2.75) is 25.9 Å². The van der Waals surface area contributed by atoms with Crippen LogP contribution in [0.2, 0.25) is 0 Å². The number of carbonyl (C=O) groups excluding carboxylic acids is 2. The van der Waals surface area contributed by atoms with E-state index in [1.807, 2.05) is 0 Å². The van der Waals surface area contributed by atoms with Gasteiger partial charge in [-0.2, -0.15) is 0 Å². The molecule has 0 aliphatic carbocycles. The number of hydrogen-bond donors (Lipinski definition) is 2. The summed E-state index contributed by atoms with van der Waals surface area (Å²) in [6.07, 6.45) is -0.186. The zero-order valence-corrected chi connectivity index (χ0v) is 14.6. The Balaban J connectivity index is 1.96. The van der Waals surface area contributed by atoms with Crippen molar-refractivity contribution in [3.05, 3.63) is 34.7 Å². The van der Waals surface area contributed by atoms with Gasteiger partial charge >= 0.3 is 5.97 Å². The Morgan fingerprint density at radius 1 is 1.39 bits per heavy atom. The lowest BCUT2D eigenvalue weighted by Gasteiger charge is -2.11. The molecule has 0 bridgehead atoms. The van der Waals surface area contributed by atoms with Gasteiger partial charge in [0.2, 0.25) is 0 Å². The molecule has 0 aliphatic rings. The number of halogens is 1.